The van der Waals surface area contributed by atoms with Gasteiger partial charge in [-0.15, -0.1) is 0 Å². The Balaban J connectivity index is 1.28. The summed E-state index contributed by atoms with van der Waals surface area (Å²) < 4.78 is 0. The number of carbonyl (C=O) groups excluding carboxylic acids is 2. The van der Waals surface area contributed by atoms with E-state index in [1.54, 1.807) is 0 Å². The van der Waals surface area contributed by atoms with Crippen molar-refractivity contribution < 1.29 is 9.59 Å². The monoisotopic (exact) mass is 381 g/mol. The van der Waals surface area contributed by atoms with E-state index in [1.807, 2.05) is 9.80 Å². The molecule has 0 spiro atoms. The second-order valence-electron chi connectivity index (χ2n) is 8.34. The summed E-state index contributed by atoms with van der Waals surface area (Å²) in [5, 5.41) is 0. The second kappa shape index (κ2) is 8.38. The lowest BCUT2D eigenvalue weighted by Gasteiger charge is -2.38. The molecule has 0 bridgehead atoms. The van der Waals surface area contributed by atoms with Gasteiger partial charge in [0.25, 0.3) is 0 Å². The first-order valence-corrected chi connectivity index (χ1v) is 10.7. The summed E-state index contributed by atoms with van der Waals surface area (Å²) in [5.74, 6) is 0.647. The zero-order valence-electron chi connectivity index (χ0n) is 16.9. The Morgan fingerprint density at radius 3 is 2.50 bits per heavy atom. The smallest absolute Gasteiger partial charge is 0.232 e. The van der Waals surface area contributed by atoms with Crippen molar-refractivity contribution in [3.8, 4) is 0 Å². The van der Waals surface area contributed by atoms with Crippen LogP contribution in [0.5, 0.6) is 0 Å². The van der Waals surface area contributed by atoms with Gasteiger partial charge in [0.15, 0.2) is 0 Å². The van der Waals surface area contributed by atoms with Crippen molar-refractivity contribution >= 4 is 17.5 Å². The first kappa shape index (κ1) is 19.0. The van der Waals surface area contributed by atoms with E-state index in [4.69, 9.17) is 0 Å². The highest BCUT2D eigenvalue weighted by molar-refractivity contribution is 5.97. The van der Waals surface area contributed by atoms with Crippen LogP contribution >= 0.6 is 0 Å². The molecule has 2 fully saturated rings. The summed E-state index contributed by atoms with van der Waals surface area (Å²) in [7, 11) is 0. The number of hydrogen-bond acceptors (Lipinski definition) is 3. The minimum absolute atomic E-state index is 0.00347. The van der Waals surface area contributed by atoms with E-state index in [2.05, 4.69) is 42.2 Å². The maximum Gasteiger partial charge on any atom is 0.232 e. The second-order valence-corrected chi connectivity index (χ2v) is 8.34. The van der Waals surface area contributed by atoms with Crippen LogP contribution in [0.2, 0.25) is 0 Å². The van der Waals surface area contributed by atoms with Gasteiger partial charge >= 0.3 is 0 Å². The van der Waals surface area contributed by atoms with Crippen LogP contribution in [0.25, 0.3) is 0 Å². The van der Waals surface area contributed by atoms with E-state index < -0.39 is 0 Å². The van der Waals surface area contributed by atoms with Gasteiger partial charge < -0.3 is 14.7 Å². The fourth-order valence-corrected chi connectivity index (χ4v) is 4.82. The molecule has 1 atom stereocenters. The van der Waals surface area contributed by atoms with E-state index in [-0.39, 0.29) is 18.2 Å². The molecule has 28 heavy (non-hydrogen) atoms. The Morgan fingerprint density at radius 1 is 0.964 bits per heavy atom. The normalized spacial score (nSPS) is 22.5. The maximum absolute atomic E-state index is 12.7. The van der Waals surface area contributed by atoms with Crippen LogP contribution in [0, 0.1) is 12.8 Å². The Morgan fingerprint density at radius 2 is 1.71 bits per heavy atom. The molecule has 5 heteroatoms. The van der Waals surface area contributed by atoms with Crippen molar-refractivity contribution in [3.63, 3.8) is 0 Å². The van der Waals surface area contributed by atoms with Gasteiger partial charge in [-0.1, -0.05) is 29.8 Å². The lowest BCUT2D eigenvalue weighted by Crippen LogP contribution is -2.50. The number of piperidine rings is 1. The topological polar surface area (TPSA) is 43.9 Å². The first-order chi connectivity index (χ1) is 13.6. The molecule has 2 aliphatic heterocycles. The van der Waals surface area contributed by atoms with Gasteiger partial charge in [-0.05, 0) is 50.2 Å². The third-order valence-electron chi connectivity index (χ3n) is 6.55. The molecule has 1 aromatic carbocycles. The largest absolute Gasteiger partial charge is 0.368 e. The molecule has 1 aromatic rings. The number of anilines is 1. The highest BCUT2D eigenvalue weighted by atomic mass is 16.2. The molecule has 1 aliphatic carbocycles. The molecular weight excluding hydrogens is 350 g/mol. The molecule has 0 radical (unpaired) electrons. The minimum Gasteiger partial charge on any atom is -0.368 e. The number of aryl methyl sites for hydroxylation is 1. The fourth-order valence-electron chi connectivity index (χ4n) is 4.82. The molecule has 2 heterocycles. The van der Waals surface area contributed by atoms with Crippen molar-refractivity contribution in [3.05, 3.63) is 41.5 Å². The quantitative estimate of drug-likeness (QED) is 0.597. The fraction of sp³-hybridized carbons (Fsp3) is 0.565. The zero-order valence-corrected chi connectivity index (χ0v) is 16.9. The van der Waals surface area contributed by atoms with Crippen molar-refractivity contribution in [2.45, 2.75) is 39.0 Å². The van der Waals surface area contributed by atoms with Crippen molar-refractivity contribution in [2.24, 2.45) is 5.92 Å². The number of benzene rings is 1. The average molecular weight is 382 g/mol. The molecule has 2 amide bonds. The Bertz CT molecular complexity index is 765. The van der Waals surface area contributed by atoms with Gasteiger partial charge in [0, 0.05) is 45.0 Å². The molecule has 3 aliphatic rings. The number of hydrogen-bond donors (Lipinski definition) is 0. The predicted octanol–water partition coefficient (Wildman–Crippen LogP) is 2.99. The SMILES string of the molecule is Cc1ccccc1N1CCN(C(=O)CC(=O)N2CCC3CCCC=C3C2)CC1. The molecule has 2 saturated heterocycles. The van der Waals surface area contributed by atoms with E-state index in [1.165, 1.54) is 29.7 Å². The zero-order chi connectivity index (χ0) is 19.5. The van der Waals surface area contributed by atoms with E-state index >= 15 is 0 Å². The summed E-state index contributed by atoms with van der Waals surface area (Å²) in [5.41, 5.74) is 3.93. The minimum atomic E-state index is -0.0193. The van der Waals surface area contributed by atoms with Crippen LogP contribution in [0.1, 0.15) is 37.7 Å². The molecule has 0 N–H and O–H groups in total. The number of nitrogens with zero attached hydrogens (tertiary/aromatic N) is 3. The first-order valence-electron chi connectivity index (χ1n) is 10.7. The number of carbonyl (C=O) groups is 2. The average Bonchev–Trinajstić information content (AvgIpc) is 2.74. The third-order valence-corrected chi connectivity index (χ3v) is 6.55. The number of rotatable bonds is 3. The van der Waals surface area contributed by atoms with Gasteiger partial charge in [0.2, 0.25) is 11.8 Å². The highest BCUT2D eigenvalue weighted by Gasteiger charge is 2.30. The van der Waals surface area contributed by atoms with Crippen LogP contribution in [-0.2, 0) is 9.59 Å². The summed E-state index contributed by atoms with van der Waals surface area (Å²) in [6, 6.07) is 8.37. The predicted molar refractivity (Wildman–Crippen MR) is 111 cm³/mol. The molecule has 150 valence electrons. The Hall–Kier alpha value is -2.30. The van der Waals surface area contributed by atoms with E-state index in [0.717, 1.165) is 39.0 Å². The number of likely N-dealkylation sites (tertiary alicyclic amines) is 1. The number of piperazine rings is 1. The van der Waals surface area contributed by atoms with Crippen molar-refractivity contribution in [1.82, 2.24) is 9.80 Å². The maximum atomic E-state index is 12.7. The summed E-state index contributed by atoms with van der Waals surface area (Å²) in [6.07, 6.45) is 7.06. The van der Waals surface area contributed by atoms with Gasteiger partial charge in [0.05, 0.1) is 0 Å². The Labute approximate surface area is 168 Å². The third kappa shape index (κ3) is 4.08. The lowest BCUT2D eigenvalue weighted by atomic mass is 9.82. The van der Waals surface area contributed by atoms with Gasteiger partial charge in [-0.25, -0.2) is 0 Å². The van der Waals surface area contributed by atoms with E-state index in [9.17, 15) is 9.59 Å². The molecule has 4 rings (SSSR count). The molecule has 5 nitrogen and oxygen atoms in total. The van der Waals surface area contributed by atoms with Gasteiger partial charge in [-0.2, -0.15) is 0 Å². The molecule has 0 aromatic heterocycles. The van der Waals surface area contributed by atoms with Crippen LogP contribution in [-0.4, -0.2) is 60.9 Å². The highest BCUT2D eigenvalue weighted by Crippen LogP contribution is 2.32. The van der Waals surface area contributed by atoms with Gasteiger partial charge in [0.1, 0.15) is 6.42 Å². The lowest BCUT2D eigenvalue weighted by molar-refractivity contribution is -0.141. The molecule has 1 unspecified atom stereocenters. The number of para-hydroxylation sites is 1. The Kier molecular flexibility index (Phi) is 5.69. The van der Waals surface area contributed by atoms with Crippen LogP contribution in [0.3, 0.4) is 0 Å². The van der Waals surface area contributed by atoms with E-state index in [0.29, 0.717) is 19.0 Å². The summed E-state index contributed by atoms with van der Waals surface area (Å²) >= 11 is 0. The van der Waals surface area contributed by atoms with Crippen LogP contribution in [0.15, 0.2) is 35.9 Å². The molecule has 0 saturated carbocycles. The summed E-state index contributed by atoms with van der Waals surface area (Å²) in [4.78, 5) is 31.5. The number of amides is 2. The van der Waals surface area contributed by atoms with Crippen LogP contribution < -0.4 is 4.90 Å². The van der Waals surface area contributed by atoms with Crippen LogP contribution in [0.4, 0.5) is 5.69 Å². The summed E-state index contributed by atoms with van der Waals surface area (Å²) in [6.45, 7) is 6.68. The molecular formula is C23H31N3O2. The number of fused-ring (bicyclic) bond motifs is 1. The van der Waals surface area contributed by atoms with Gasteiger partial charge in [-0.3, -0.25) is 9.59 Å². The standard InChI is InChI=1S/C23H31N3O2/c1-18-6-2-5-9-21(18)24-12-14-25(15-13-24)22(27)16-23(28)26-11-10-19-7-3-4-8-20(19)17-26/h2,5-6,8-9,19H,3-4,7,10-17H2,1H3. The van der Waals surface area contributed by atoms with Crippen molar-refractivity contribution in [1.29, 1.82) is 0 Å². The van der Waals surface area contributed by atoms with Crippen molar-refractivity contribution in [2.75, 3.05) is 44.2 Å². The number of allylic oxidation sites excluding steroid dienone is 1.